The van der Waals surface area contributed by atoms with Gasteiger partial charge in [-0.2, -0.15) is 0 Å². The molecule has 0 saturated heterocycles. The highest BCUT2D eigenvalue weighted by Gasteiger charge is 2.48. The van der Waals surface area contributed by atoms with Crippen LogP contribution in [0.4, 0.5) is 0 Å². The van der Waals surface area contributed by atoms with Gasteiger partial charge in [-0.05, 0) is 49.6 Å². The number of aromatic nitrogens is 1. The minimum atomic E-state index is -1.14. The van der Waals surface area contributed by atoms with Crippen LogP contribution in [0, 0.1) is 0 Å². The van der Waals surface area contributed by atoms with Gasteiger partial charge in [-0.3, -0.25) is 9.59 Å². The fourth-order valence-electron chi connectivity index (χ4n) is 5.76. The van der Waals surface area contributed by atoms with Crippen molar-refractivity contribution >= 4 is 34.3 Å². The molecule has 5 rings (SSSR count). The largest absolute Gasteiger partial charge is 0.496 e. The maximum atomic E-state index is 14.2. The van der Waals surface area contributed by atoms with Crippen molar-refractivity contribution in [2.45, 2.75) is 70.1 Å². The SMILES string of the molecule is COc1ccc(OC)c2c1cc1n2C[C@@](C)(C(=O)NC2CCCCCC2)N(Cc2ccccc2Cl)C1=O. The second-order valence-electron chi connectivity index (χ2n) is 10.3. The lowest BCUT2D eigenvalue weighted by molar-refractivity contribution is -0.134. The number of ether oxygens (including phenoxy) is 2. The number of rotatable bonds is 6. The summed E-state index contributed by atoms with van der Waals surface area (Å²) in [5.41, 5.74) is 0.890. The quantitative estimate of drug-likeness (QED) is 0.429. The van der Waals surface area contributed by atoms with E-state index in [0.717, 1.165) is 42.1 Å². The van der Waals surface area contributed by atoms with Crippen molar-refractivity contribution in [2.24, 2.45) is 0 Å². The average Bonchev–Trinajstić information content (AvgIpc) is 3.08. The maximum Gasteiger partial charge on any atom is 0.271 e. The highest BCUT2D eigenvalue weighted by atomic mass is 35.5. The summed E-state index contributed by atoms with van der Waals surface area (Å²) in [7, 11) is 3.21. The molecule has 0 spiro atoms. The first kappa shape index (κ1) is 25.5. The predicted octanol–water partition coefficient (Wildman–Crippen LogP) is 5.57. The van der Waals surface area contributed by atoms with E-state index >= 15 is 0 Å². The van der Waals surface area contributed by atoms with E-state index in [4.69, 9.17) is 21.1 Å². The molecule has 8 heteroatoms. The van der Waals surface area contributed by atoms with E-state index in [1.54, 1.807) is 25.2 Å². The molecule has 2 aromatic carbocycles. The Morgan fingerprint density at radius 1 is 1.05 bits per heavy atom. The van der Waals surface area contributed by atoms with Gasteiger partial charge in [-0.15, -0.1) is 0 Å². The first-order valence-electron chi connectivity index (χ1n) is 13.0. The molecule has 1 atom stereocenters. The Balaban J connectivity index is 1.62. The maximum absolute atomic E-state index is 14.2. The number of hydrogen-bond acceptors (Lipinski definition) is 4. The predicted molar refractivity (Wildman–Crippen MR) is 144 cm³/mol. The van der Waals surface area contributed by atoms with E-state index in [0.29, 0.717) is 22.2 Å². The summed E-state index contributed by atoms with van der Waals surface area (Å²) in [4.78, 5) is 29.9. The summed E-state index contributed by atoms with van der Waals surface area (Å²) in [6.45, 7) is 2.36. The smallest absolute Gasteiger partial charge is 0.271 e. The van der Waals surface area contributed by atoms with Crippen LogP contribution in [0.3, 0.4) is 0 Å². The summed E-state index contributed by atoms with van der Waals surface area (Å²) in [5, 5.41) is 4.65. The first-order valence-corrected chi connectivity index (χ1v) is 13.4. The Kier molecular flexibility index (Phi) is 7.08. The van der Waals surface area contributed by atoms with Crippen LogP contribution < -0.4 is 14.8 Å². The van der Waals surface area contributed by atoms with E-state index in [2.05, 4.69) is 5.32 Å². The molecule has 1 aliphatic heterocycles. The lowest BCUT2D eigenvalue weighted by atomic mass is 9.93. The Morgan fingerprint density at radius 3 is 2.41 bits per heavy atom. The second kappa shape index (κ2) is 10.3. The number of fused-ring (bicyclic) bond motifs is 3. The van der Waals surface area contributed by atoms with Crippen molar-refractivity contribution in [1.82, 2.24) is 14.8 Å². The van der Waals surface area contributed by atoms with Gasteiger partial charge in [0.2, 0.25) is 5.91 Å². The average molecular weight is 524 g/mol. The summed E-state index contributed by atoms with van der Waals surface area (Å²) in [6.07, 6.45) is 6.52. The molecule has 37 heavy (non-hydrogen) atoms. The van der Waals surface area contributed by atoms with Crippen molar-refractivity contribution in [1.29, 1.82) is 0 Å². The molecule has 0 bridgehead atoms. The van der Waals surface area contributed by atoms with Crippen LogP contribution in [0.15, 0.2) is 42.5 Å². The number of hydrogen-bond donors (Lipinski definition) is 1. The lowest BCUT2D eigenvalue weighted by Gasteiger charge is -2.44. The van der Waals surface area contributed by atoms with Gasteiger partial charge in [0.25, 0.3) is 5.91 Å². The molecule has 0 radical (unpaired) electrons. The van der Waals surface area contributed by atoms with Gasteiger partial charge >= 0.3 is 0 Å². The van der Waals surface area contributed by atoms with Crippen molar-refractivity contribution in [3.8, 4) is 11.5 Å². The highest BCUT2D eigenvalue weighted by Crippen LogP contribution is 2.41. The second-order valence-corrected chi connectivity index (χ2v) is 10.7. The minimum absolute atomic E-state index is 0.113. The minimum Gasteiger partial charge on any atom is -0.496 e. The zero-order chi connectivity index (χ0) is 26.2. The highest BCUT2D eigenvalue weighted by molar-refractivity contribution is 6.31. The van der Waals surface area contributed by atoms with Crippen LogP contribution >= 0.6 is 11.6 Å². The molecule has 0 unspecified atom stereocenters. The van der Waals surface area contributed by atoms with E-state index in [1.165, 1.54) is 12.8 Å². The summed E-state index contributed by atoms with van der Waals surface area (Å²) >= 11 is 6.50. The number of halogens is 1. The third-order valence-electron chi connectivity index (χ3n) is 7.91. The van der Waals surface area contributed by atoms with Crippen LogP contribution in [0.2, 0.25) is 5.02 Å². The first-order chi connectivity index (χ1) is 17.9. The van der Waals surface area contributed by atoms with E-state index in [-0.39, 0.29) is 30.9 Å². The molecular weight excluding hydrogens is 490 g/mol. The molecule has 2 aliphatic rings. The van der Waals surface area contributed by atoms with Crippen LogP contribution in [-0.2, 0) is 17.9 Å². The van der Waals surface area contributed by atoms with Gasteiger partial charge in [-0.1, -0.05) is 55.5 Å². The molecule has 1 aliphatic carbocycles. The zero-order valence-corrected chi connectivity index (χ0v) is 22.4. The van der Waals surface area contributed by atoms with Gasteiger partial charge in [0.1, 0.15) is 22.7 Å². The molecule has 1 aromatic heterocycles. The fraction of sp³-hybridized carbons (Fsp3) is 0.448. The summed E-state index contributed by atoms with van der Waals surface area (Å²) in [5.74, 6) is 0.896. The summed E-state index contributed by atoms with van der Waals surface area (Å²) in [6, 6.07) is 13.1. The molecule has 2 heterocycles. The number of carbonyl (C=O) groups is 2. The monoisotopic (exact) mass is 523 g/mol. The topological polar surface area (TPSA) is 72.8 Å². The standard InChI is InChI=1S/C29H34ClN3O4/c1-29(28(35)31-20-11-6-4-5-7-12-20)18-32-23(16-21-24(36-2)14-15-25(37-3)26(21)32)27(34)33(29)17-19-10-8-9-13-22(19)30/h8-10,13-16,20H,4-7,11-12,17-18H2,1-3H3,(H,31,35)/t29-/m0/s1. The number of nitrogens with one attached hydrogen (secondary N) is 1. The van der Waals surface area contributed by atoms with Crippen molar-refractivity contribution in [3.63, 3.8) is 0 Å². The van der Waals surface area contributed by atoms with Crippen molar-refractivity contribution in [2.75, 3.05) is 14.2 Å². The Bertz CT molecular complexity index is 1330. The number of benzene rings is 2. The number of carbonyl (C=O) groups excluding carboxylic acids is 2. The molecule has 196 valence electrons. The number of nitrogens with zero attached hydrogens (tertiary/aromatic N) is 2. The Morgan fingerprint density at radius 2 is 1.73 bits per heavy atom. The summed E-state index contributed by atoms with van der Waals surface area (Å²) < 4.78 is 13.2. The van der Waals surface area contributed by atoms with Crippen molar-refractivity contribution < 1.29 is 19.1 Å². The molecule has 3 aromatic rings. The van der Waals surface area contributed by atoms with Crippen molar-refractivity contribution in [3.05, 3.63) is 58.7 Å². The molecule has 7 nitrogen and oxygen atoms in total. The van der Waals surface area contributed by atoms with Gasteiger partial charge in [0, 0.05) is 23.0 Å². The van der Waals surface area contributed by atoms with Gasteiger partial charge in [0.05, 0.1) is 26.3 Å². The molecular formula is C29H34ClN3O4. The molecule has 1 fully saturated rings. The van der Waals surface area contributed by atoms with E-state index < -0.39 is 5.54 Å². The molecule has 1 saturated carbocycles. The fourth-order valence-corrected chi connectivity index (χ4v) is 5.96. The molecule has 2 amide bonds. The lowest BCUT2D eigenvalue weighted by Crippen LogP contribution is -2.64. The van der Waals surface area contributed by atoms with Crippen LogP contribution in [0.5, 0.6) is 11.5 Å². The third-order valence-corrected chi connectivity index (χ3v) is 8.28. The normalized spacial score (nSPS) is 20.4. The third kappa shape index (κ3) is 4.54. The van der Waals surface area contributed by atoms with Crippen LogP contribution in [0.1, 0.15) is 61.5 Å². The number of methoxy groups -OCH3 is 2. The van der Waals surface area contributed by atoms with Crippen LogP contribution in [-0.4, -0.2) is 47.1 Å². The van der Waals surface area contributed by atoms with Gasteiger partial charge < -0.3 is 24.3 Å². The van der Waals surface area contributed by atoms with Crippen LogP contribution in [0.25, 0.3) is 10.9 Å². The van der Waals surface area contributed by atoms with E-state index in [9.17, 15) is 9.59 Å². The van der Waals surface area contributed by atoms with Gasteiger partial charge in [-0.25, -0.2) is 0 Å². The number of amides is 2. The Hall–Kier alpha value is -3.19. The Labute approximate surface area is 222 Å². The molecule has 1 N–H and O–H groups in total. The van der Waals surface area contributed by atoms with Gasteiger partial charge in [0.15, 0.2) is 0 Å². The zero-order valence-electron chi connectivity index (χ0n) is 21.7. The van der Waals surface area contributed by atoms with E-state index in [1.807, 2.05) is 47.9 Å².